The zero-order chi connectivity index (χ0) is 15.2. The van der Waals surface area contributed by atoms with E-state index < -0.39 is 0 Å². The fraction of sp³-hybridized carbons (Fsp3) is 0.375. The molecule has 0 spiro atoms. The number of imidazole rings is 1. The maximum Gasteiger partial charge on any atom is 0.129 e. The number of aryl methyl sites for hydroxylation is 1. The molecule has 2 rings (SSSR count). The van der Waals surface area contributed by atoms with E-state index >= 15 is 0 Å². The molecule has 1 aromatic carbocycles. The highest BCUT2D eigenvalue weighted by Gasteiger charge is 2.08. The first-order chi connectivity index (χ1) is 10.1. The molecular formula is C16H21N3OS. The van der Waals surface area contributed by atoms with Crippen molar-refractivity contribution in [3.63, 3.8) is 0 Å². The van der Waals surface area contributed by atoms with Crippen molar-refractivity contribution in [2.75, 3.05) is 6.61 Å². The van der Waals surface area contributed by atoms with Gasteiger partial charge in [-0.3, -0.25) is 0 Å². The largest absolute Gasteiger partial charge is 0.493 e. The number of para-hydroxylation sites is 1. The van der Waals surface area contributed by atoms with Crippen LogP contribution in [0.2, 0.25) is 0 Å². The number of aromatic nitrogens is 2. The molecule has 4 nitrogen and oxygen atoms in total. The molecule has 0 unspecified atom stereocenters. The molecule has 2 N–H and O–H groups in total. The normalized spacial score (nSPS) is 10.8. The summed E-state index contributed by atoms with van der Waals surface area (Å²) in [4.78, 5) is 4.74. The van der Waals surface area contributed by atoms with Crippen LogP contribution in [0.4, 0.5) is 0 Å². The van der Waals surface area contributed by atoms with Gasteiger partial charge in [-0.2, -0.15) is 0 Å². The van der Waals surface area contributed by atoms with Crippen molar-refractivity contribution in [3.05, 3.63) is 48.0 Å². The van der Waals surface area contributed by atoms with Gasteiger partial charge >= 0.3 is 0 Å². The Morgan fingerprint density at radius 1 is 1.38 bits per heavy atom. The molecule has 0 saturated carbocycles. The molecule has 0 aliphatic heterocycles. The van der Waals surface area contributed by atoms with E-state index in [0.717, 1.165) is 30.1 Å². The van der Waals surface area contributed by atoms with Crippen molar-refractivity contribution < 1.29 is 4.74 Å². The van der Waals surface area contributed by atoms with E-state index in [-0.39, 0.29) is 0 Å². The number of benzene rings is 1. The van der Waals surface area contributed by atoms with E-state index in [9.17, 15) is 0 Å². The lowest BCUT2D eigenvalue weighted by Gasteiger charge is -2.12. The minimum atomic E-state index is 0.363. The SMILES string of the molecule is CC(C)c1nccn1CCCOc1ccccc1C(N)=S. The molecule has 1 aromatic heterocycles. The highest BCUT2D eigenvalue weighted by Crippen LogP contribution is 2.18. The fourth-order valence-electron chi connectivity index (χ4n) is 2.22. The van der Waals surface area contributed by atoms with Gasteiger partial charge in [-0.05, 0) is 18.6 Å². The summed E-state index contributed by atoms with van der Waals surface area (Å²) in [6.07, 6.45) is 4.76. The lowest BCUT2D eigenvalue weighted by atomic mass is 10.2. The number of hydrogen-bond donors (Lipinski definition) is 1. The molecule has 1 heterocycles. The number of nitrogens with two attached hydrogens (primary N) is 1. The topological polar surface area (TPSA) is 53.1 Å². The Kier molecular flexibility index (Phi) is 5.33. The van der Waals surface area contributed by atoms with Gasteiger partial charge in [0.2, 0.25) is 0 Å². The van der Waals surface area contributed by atoms with E-state index in [2.05, 4.69) is 23.4 Å². The first-order valence-corrected chi connectivity index (χ1v) is 7.53. The van der Waals surface area contributed by atoms with Crippen LogP contribution in [0.1, 0.15) is 37.6 Å². The summed E-state index contributed by atoms with van der Waals surface area (Å²) in [5.41, 5.74) is 6.48. The zero-order valence-corrected chi connectivity index (χ0v) is 13.3. The Morgan fingerprint density at radius 3 is 2.86 bits per heavy atom. The van der Waals surface area contributed by atoms with Gasteiger partial charge < -0.3 is 15.0 Å². The standard InChI is InChI=1S/C16H21N3OS/c1-12(2)16-18-8-10-19(16)9-5-11-20-14-7-4-3-6-13(14)15(17)21/h3-4,6-8,10,12H,5,9,11H2,1-2H3,(H2,17,21). The fourth-order valence-corrected chi connectivity index (χ4v) is 2.39. The number of rotatable bonds is 7. The van der Waals surface area contributed by atoms with Crippen LogP contribution < -0.4 is 10.5 Å². The van der Waals surface area contributed by atoms with Crippen LogP contribution in [0.25, 0.3) is 0 Å². The quantitative estimate of drug-likeness (QED) is 0.631. The van der Waals surface area contributed by atoms with Gasteiger partial charge in [0.1, 0.15) is 16.6 Å². The third-order valence-corrected chi connectivity index (χ3v) is 3.44. The van der Waals surface area contributed by atoms with Crippen LogP contribution >= 0.6 is 12.2 Å². The van der Waals surface area contributed by atoms with E-state index in [1.165, 1.54) is 0 Å². The van der Waals surface area contributed by atoms with Gasteiger partial charge in [0, 0.05) is 24.9 Å². The molecule has 0 atom stereocenters. The van der Waals surface area contributed by atoms with Crippen LogP contribution in [-0.4, -0.2) is 21.1 Å². The van der Waals surface area contributed by atoms with E-state index in [1.807, 2.05) is 36.7 Å². The zero-order valence-electron chi connectivity index (χ0n) is 12.5. The summed E-state index contributed by atoms with van der Waals surface area (Å²) in [5.74, 6) is 2.29. The van der Waals surface area contributed by atoms with E-state index in [1.54, 1.807) is 0 Å². The van der Waals surface area contributed by atoms with Gasteiger partial charge in [0.05, 0.1) is 12.2 Å². The smallest absolute Gasteiger partial charge is 0.129 e. The van der Waals surface area contributed by atoms with Crippen molar-refractivity contribution >= 4 is 17.2 Å². The Hall–Kier alpha value is -1.88. The van der Waals surface area contributed by atoms with Crippen LogP contribution in [-0.2, 0) is 6.54 Å². The summed E-state index contributed by atoms with van der Waals surface area (Å²) < 4.78 is 7.97. The summed E-state index contributed by atoms with van der Waals surface area (Å²) in [6, 6.07) is 7.60. The molecule has 5 heteroatoms. The lowest BCUT2D eigenvalue weighted by Crippen LogP contribution is -2.13. The first kappa shape index (κ1) is 15.5. The number of ether oxygens (including phenoxy) is 1. The number of thiocarbonyl (C=S) groups is 1. The van der Waals surface area contributed by atoms with Gasteiger partial charge in [-0.25, -0.2) is 4.98 Å². The average molecular weight is 303 g/mol. The molecule has 0 amide bonds. The second-order valence-electron chi connectivity index (χ2n) is 5.20. The molecule has 0 bridgehead atoms. The second-order valence-corrected chi connectivity index (χ2v) is 5.64. The number of hydrogen-bond acceptors (Lipinski definition) is 3. The van der Waals surface area contributed by atoms with Crippen molar-refractivity contribution in [2.45, 2.75) is 32.7 Å². The lowest BCUT2D eigenvalue weighted by molar-refractivity contribution is 0.300. The first-order valence-electron chi connectivity index (χ1n) is 7.12. The predicted octanol–water partition coefficient (Wildman–Crippen LogP) is 3.11. The predicted molar refractivity (Wildman–Crippen MR) is 88.8 cm³/mol. The molecular weight excluding hydrogens is 282 g/mol. The maximum atomic E-state index is 5.80. The van der Waals surface area contributed by atoms with Crippen molar-refractivity contribution in [2.24, 2.45) is 5.73 Å². The van der Waals surface area contributed by atoms with Gasteiger partial charge in [0.25, 0.3) is 0 Å². The average Bonchev–Trinajstić information content (AvgIpc) is 2.92. The van der Waals surface area contributed by atoms with Crippen LogP contribution in [0, 0.1) is 0 Å². The third-order valence-electron chi connectivity index (χ3n) is 3.22. The van der Waals surface area contributed by atoms with Crippen LogP contribution in [0.3, 0.4) is 0 Å². The summed E-state index contributed by atoms with van der Waals surface area (Å²) in [6.45, 7) is 5.81. The Labute approximate surface area is 130 Å². The molecule has 0 aliphatic carbocycles. The van der Waals surface area contributed by atoms with Crippen molar-refractivity contribution in [1.82, 2.24) is 9.55 Å². The van der Waals surface area contributed by atoms with Gasteiger partial charge in [0.15, 0.2) is 0 Å². The van der Waals surface area contributed by atoms with Crippen LogP contribution in [0.15, 0.2) is 36.7 Å². The Bertz CT molecular complexity index is 607. The highest BCUT2D eigenvalue weighted by atomic mass is 32.1. The molecule has 0 fully saturated rings. The molecule has 0 aliphatic rings. The highest BCUT2D eigenvalue weighted by molar-refractivity contribution is 7.80. The van der Waals surface area contributed by atoms with E-state index in [0.29, 0.717) is 17.5 Å². The van der Waals surface area contributed by atoms with Crippen molar-refractivity contribution in [1.29, 1.82) is 0 Å². The Morgan fingerprint density at radius 2 is 2.14 bits per heavy atom. The monoisotopic (exact) mass is 303 g/mol. The van der Waals surface area contributed by atoms with E-state index in [4.69, 9.17) is 22.7 Å². The summed E-state index contributed by atoms with van der Waals surface area (Å²) in [7, 11) is 0. The minimum absolute atomic E-state index is 0.363. The maximum absolute atomic E-state index is 5.80. The second kappa shape index (κ2) is 7.22. The molecule has 112 valence electrons. The van der Waals surface area contributed by atoms with Gasteiger partial charge in [-0.15, -0.1) is 0 Å². The summed E-state index contributed by atoms with van der Waals surface area (Å²) in [5, 5.41) is 0. The Balaban J connectivity index is 1.88. The molecule has 0 saturated heterocycles. The number of nitrogens with zero attached hydrogens (tertiary/aromatic N) is 2. The molecule has 0 radical (unpaired) electrons. The van der Waals surface area contributed by atoms with Crippen molar-refractivity contribution in [3.8, 4) is 5.75 Å². The minimum Gasteiger partial charge on any atom is -0.493 e. The summed E-state index contributed by atoms with van der Waals surface area (Å²) >= 11 is 5.02. The van der Waals surface area contributed by atoms with Gasteiger partial charge in [-0.1, -0.05) is 38.2 Å². The molecule has 21 heavy (non-hydrogen) atoms. The third kappa shape index (κ3) is 4.04. The van der Waals surface area contributed by atoms with Crippen LogP contribution in [0.5, 0.6) is 5.75 Å². The molecule has 2 aromatic rings.